The lowest BCUT2D eigenvalue weighted by molar-refractivity contribution is 0.118. The van der Waals surface area contributed by atoms with Crippen LogP contribution in [-0.4, -0.2) is 30.4 Å². The molecule has 0 radical (unpaired) electrons. The molecule has 1 saturated carbocycles. The molecule has 0 saturated heterocycles. The number of halogens is 1. The van der Waals surface area contributed by atoms with Gasteiger partial charge in [0.15, 0.2) is 0 Å². The molecule has 1 aromatic rings. The molecular formula is C14H19ClN2O3. The second-order valence-corrected chi connectivity index (χ2v) is 5.36. The second-order valence-electron chi connectivity index (χ2n) is 4.95. The Labute approximate surface area is 123 Å². The molecule has 1 aliphatic carbocycles. The van der Waals surface area contributed by atoms with Gasteiger partial charge in [0.2, 0.25) is 0 Å². The van der Waals surface area contributed by atoms with Crippen molar-refractivity contribution in [3.05, 3.63) is 23.2 Å². The van der Waals surface area contributed by atoms with Crippen molar-refractivity contribution >= 4 is 23.3 Å². The molecule has 1 aromatic carbocycles. The van der Waals surface area contributed by atoms with E-state index in [1.54, 1.807) is 25.3 Å². The van der Waals surface area contributed by atoms with Crippen LogP contribution in [0.4, 0.5) is 10.5 Å². The van der Waals surface area contributed by atoms with Crippen molar-refractivity contribution < 1.29 is 14.6 Å². The van der Waals surface area contributed by atoms with Gasteiger partial charge in [-0.25, -0.2) is 4.79 Å². The van der Waals surface area contributed by atoms with Crippen molar-refractivity contribution in [3.63, 3.8) is 0 Å². The van der Waals surface area contributed by atoms with Crippen LogP contribution in [0.3, 0.4) is 0 Å². The maximum absolute atomic E-state index is 11.9. The number of anilines is 1. The topological polar surface area (TPSA) is 70.6 Å². The lowest BCUT2D eigenvalue weighted by Crippen LogP contribution is -2.40. The monoisotopic (exact) mass is 298 g/mol. The Hall–Kier alpha value is -1.46. The van der Waals surface area contributed by atoms with Crippen LogP contribution in [0.2, 0.25) is 5.02 Å². The minimum Gasteiger partial charge on any atom is -0.495 e. The average Bonchev–Trinajstić information content (AvgIpc) is 2.41. The highest BCUT2D eigenvalue weighted by atomic mass is 35.5. The molecule has 0 atom stereocenters. The van der Waals surface area contributed by atoms with E-state index in [4.69, 9.17) is 16.3 Å². The SMILES string of the molecule is COc1ccc(NC(=O)NC2CCC(O)CC2)cc1Cl. The highest BCUT2D eigenvalue weighted by Gasteiger charge is 2.20. The van der Waals surface area contributed by atoms with Crippen LogP contribution >= 0.6 is 11.6 Å². The van der Waals surface area contributed by atoms with Gasteiger partial charge in [0, 0.05) is 11.7 Å². The quantitative estimate of drug-likeness (QED) is 0.803. The minimum absolute atomic E-state index is 0.118. The molecule has 2 rings (SSSR count). The first kappa shape index (κ1) is 14.9. The molecule has 20 heavy (non-hydrogen) atoms. The molecule has 2 amide bonds. The largest absolute Gasteiger partial charge is 0.495 e. The van der Waals surface area contributed by atoms with E-state index >= 15 is 0 Å². The third-order valence-electron chi connectivity index (χ3n) is 3.44. The van der Waals surface area contributed by atoms with Crippen LogP contribution in [0.25, 0.3) is 0 Å². The fraction of sp³-hybridized carbons (Fsp3) is 0.500. The van der Waals surface area contributed by atoms with Gasteiger partial charge >= 0.3 is 6.03 Å². The van der Waals surface area contributed by atoms with Crippen LogP contribution < -0.4 is 15.4 Å². The standard InChI is InChI=1S/C14H19ClN2O3/c1-20-13-7-4-10(8-12(13)15)17-14(19)16-9-2-5-11(18)6-3-9/h4,7-9,11,18H,2-3,5-6H2,1H3,(H2,16,17,19). The number of benzene rings is 1. The zero-order chi connectivity index (χ0) is 14.5. The summed E-state index contributed by atoms with van der Waals surface area (Å²) < 4.78 is 5.05. The number of urea groups is 1. The van der Waals surface area contributed by atoms with Gasteiger partial charge in [-0.3, -0.25) is 0 Å². The zero-order valence-electron chi connectivity index (χ0n) is 11.4. The van der Waals surface area contributed by atoms with Crippen molar-refractivity contribution in [2.45, 2.75) is 37.8 Å². The van der Waals surface area contributed by atoms with Crippen molar-refractivity contribution in [3.8, 4) is 5.75 Å². The average molecular weight is 299 g/mol. The Balaban J connectivity index is 1.86. The Kier molecular flexibility index (Phi) is 5.09. The van der Waals surface area contributed by atoms with Crippen LogP contribution in [0.15, 0.2) is 18.2 Å². The number of rotatable bonds is 3. The molecule has 0 aromatic heterocycles. The molecule has 3 N–H and O–H groups in total. The fourth-order valence-corrected chi connectivity index (χ4v) is 2.57. The molecule has 110 valence electrons. The third kappa shape index (κ3) is 4.02. The van der Waals surface area contributed by atoms with Gasteiger partial charge in [-0.05, 0) is 43.9 Å². The Morgan fingerprint density at radius 2 is 2.05 bits per heavy atom. The van der Waals surface area contributed by atoms with Gasteiger partial charge in [0.25, 0.3) is 0 Å². The molecule has 1 fully saturated rings. The molecule has 5 nitrogen and oxygen atoms in total. The Morgan fingerprint density at radius 1 is 1.35 bits per heavy atom. The third-order valence-corrected chi connectivity index (χ3v) is 3.74. The van der Waals surface area contributed by atoms with Crippen molar-refractivity contribution in [1.29, 1.82) is 0 Å². The summed E-state index contributed by atoms with van der Waals surface area (Å²) in [6.07, 6.45) is 2.85. The molecule has 0 aliphatic heterocycles. The summed E-state index contributed by atoms with van der Waals surface area (Å²) in [5.41, 5.74) is 0.615. The van der Waals surface area contributed by atoms with E-state index in [1.165, 1.54) is 0 Å². The molecular weight excluding hydrogens is 280 g/mol. The first-order valence-corrected chi connectivity index (χ1v) is 7.05. The van der Waals surface area contributed by atoms with Gasteiger partial charge in [-0.15, -0.1) is 0 Å². The van der Waals surface area contributed by atoms with E-state index in [2.05, 4.69) is 10.6 Å². The maximum atomic E-state index is 11.9. The van der Waals surface area contributed by atoms with Gasteiger partial charge in [-0.1, -0.05) is 11.6 Å². The molecule has 6 heteroatoms. The number of carbonyl (C=O) groups is 1. The van der Waals surface area contributed by atoms with Crippen LogP contribution in [0, 0.1) is 0 Å². The van der Waals surface area contributed by atoms with Gasteiger partial charge in [0.1, 0.15) is 5.75 Å². The fourth-order valence-electron chi connectivity index (χ4n) is 2.32. The normalized spacial score (nSPS) is 22.1. The summed E-state index contributed by atoms with van der Waals surface area (Å²) in [5.74, 6) is 0.568. The highest BCUT2D eigenvalue weighted by Crippen LogP contribution is 2.27. The van der Waals surface area contributed by atoms with Gasteiger partial charge in [-0.2, -0.15) is 0 Å². The number of nitrogens with one attached hydrogen (secondary N) is 2. The lowest BCUT2D eigenvalue weighted by atomic mass is 9.93. The molecule has 0 spiro atoms. The highest BCUT2D eigenvalue weighted by molar-refractivity contribution is 6.32. The van der Waals surface area contributed by atoms with E-state index < -0.39 is 0 Å². The summed E-state index contributed by atoms with van der Waals surface area (Å²) in [5, 5.41) is 15.5. The molecule has 1 aliphatic rings. The van der Waals surface area contributed by atoms with Crippen molar-refractivity contribution in [2.24, 2.45) is 0 Å². The number of methoxy groups -OCH3 is 1. The minimum atomic E-state index is -0.257. The van der Waals surface area contributed by atoms with E-state index in [9.17, 15) is 9.90 Å². The number of amides is 2. The summed E-state index contributed by atoms with van der Waals surface area (Å²) in [4.78, 5) is 11.9. The summed E-state index contributed by atoms with van der Waals surface area (Å²) in [6.45, 7) is 0. The number of aliphatic hydroxyl groups excluding tert-OH is 1. The smallest absolute Gasteiger partial charge is 0.319 e. The lowest BCUT2D eigenvalue weighted by Gasteiger charge is -2.26. The van der Waals surface area contributed by atoms with Crippen LogP contribution in [-0.2, 0) is 0 Å². The number of carbonyl (C=O) groups excluding carboxylic acids is 1. The number of aliphatic hydroxyl groups is 1. The molecule has 0 heterocycles. The number of ether oxygens (including phenoxy) is 1. The Morgan fingerprint density at radius 3 is 2.65 bits per heavy atom. The van der Waals surface area contributed by atoms with Gasteiger partial charge in [0.05, 0.1) is 18.2 Å². The summed E-state index contributed by atoms with van der Waals surface area (Å²) >= 11 is 6.00. The zero-order valence-corrected chi connectivity index (χ0v) is 12.1. The predicted molar refractivity (Wildman–Crippen MR) is 78.4 cm³/mol. The van der Waals surface area contributed by atoms with Crippen LogP contribution in [0.5, 0.6) is 5.75 Å². The maximum Gasteiger partial charge on any atom is 0.319 e. The first-order valence-electron chi connectivity index (χ1n) is 6.67. The summed E-state index contributed by atoms with van der Waals surface area (Å²) in [7, 11) is 1.54. The van der Waals surface area contributed by atoms with E-state index in [1.807, 2.05) is 0 Å². The Bertz CT molecular complexity index is 473. The number of hydrogen-bond acceptors (Lipinski definition) is 3. The second kappa shape index (κ2) is 6.81. The van der Waals surface area contributed by atoms with E-state index in [0.717, 1.165) is 25.7 Å². The van der Waals surface area contributed by atoms with Gasteiger partial charge < -0.3 is 20.5 Å². The molecule has 0 unspecified atom stereocenters. The first-order chi connectivity index (χ1) is 9.58. The predicted octanol–water partition coefficient (Wildman–Crippen LogP) is 2.77. The van der Waals surface area contributed by atoms with E-state index in [0.29, 0.717) is 16.5 Å². The van der Waals surface area contributed by atoms with Crippen molar-refractivity contribution in [2.75, 3.05) is 12.4 Å². The van der Waals surface area contributed by atoms with E-state index in [-0.39, 0.29) is 18.2 Å². The van der Waals surface area contributed by atoms with Crippen LogP contribution in [0.1, 0.15) is 25.7 Å². The van der Waals surface area contributed by atoms with Crippen molar-refractivity contribution in [1.82, 2.24) is 5.32 Å². The summed E-state index contributed by atoms with van der Waals surface area (Å²) in [6, 6.07) is 4.94. The molecule has 0 bridgehead atoms. The number of hydrogen-bond donors (Lipinski definition) is 3.